The fourth-order valence-corrected chi connectivity index (χ4v) is 20.5. The summed E-state index contributed by atoms with van der Waals surface area (Å²) >= 11 is 0. The molecule has 3 aliphatic rings. The Morgan fingerprint density at radius 2 is 1.26 bits per heavy atom. The second kappa shape index (κ2) is 27.6. The Morgan fingerprint density at radius 1 is 0.744 bits per heavy atom. The SMILES string of the molecule is CC[C@H]1OC(=O)[C@H](C)C([C@H]2C[C@@](C)(OC)[C@@H](O)[C@H](C)O2)[C@H](C)[C@@H](O[C@@H]2O[C@H](C)C[C@H](N(C)C)[C@H]2O)[C@](C)(O)C[C@@H](C)CN(C(=O)CCCCC[PH](c2cc(C)cc(C)c2)(c2cc(C)cc(C)c2)c2cc(C)cc(C)c2)[C@H](C)[C@@H](O)[C@]1(C)O. The van der Waals surface area contributed by atoms with E-state index >= 15 is 4.79 Å². The number of hydrogen-bond donors (Lipinski definition) is 5. The molecule has 18 atom stereocenters. The third-order valence-corrected chi connectivity index (χ3v) is 24.1. The first-order chi connectivity index (χ1) is 38.2. The first-order valence-corrected chi connectivity index (χ1v) is 32.8. The van der Waals surface area contributed by atoms with Gasteiger partial charge in [-0.2, -0.15) is 0 Å². The van der Waals surface area contributed by atoms with E-state index in [4.69, 9.17) is 23.7 Å². The van der Waals surface area contributed by atoms with Gasteiger partial charge in [0, 0.05) is 25.5 Å². The number of cyclic esters (lactones) is 1. The number of methoxy groups -OCH3 is 1. The number of esters is 1. The van der Waals surface area contributed by atoms with Gasteiger partial charge in [0.25, 0.3) is 0 Å². The molecule has 3 fully saturated rings. The van der Waals surface area contributed by atoms with Crippen molar-refractivity contribution in [3.05, 3.63) is 88.0 Å². The first-order valence-electron chi connectivity index (χ1n) is 30.6. The van der Waals surface area contributed by atoms with Gasteiger partial charge in [-0.05, 0) is 47.2 Å². The van der Waals surface area contributed by atoms with E-state index in [0.717, 1.165) is 19.0 Å². The van der Waals surface area contributed by atoms with Crippen LogP contribution in [0.2, 0.25) is 0 Å². The van der Waals surface area contributed by atoms with Gasteiger partial charge >= 0.3 is 315 Å². The van der Waals surface area contributed by atoms with E-state index in [9.17, 15) is 30.3 Å². The minimum atomic E-state index is -2.68. The molecule has 1 amide bonds. The summed E-state index contributed by atoms with van der Waals surface area (Å²) in [5.41, 5.74) is 2.60. The summed E-state index contributed by atoms with van der Waals surface area (Å²) in [5, 5.41) is 65.7. The zero-order chi connectivity index (χ0) is 61.1. The molecule has 3 aliphatic heterocycles. The van der Waals surface area contributed by atoms with E-state index < -0.39 is 109 Å². The van der Waals surface area contributed by atoms with Gasteiger partial charge in [0.2, 0.25) is 0 Å². The second-order valence-corrected chi connectivity index (χ2v) is 31.0. The van der Waals surface area contributed by atoms with Gasteiger partial charge in [0.05, 0.1) is 29.8 Å². The molecule has 0 saturated carbocycles. The van der Waals surface area contributed by atoms with E-state index in [1.807, 2.05) is 46.7 Å². The molecule has 1 unspecified atom stereocenters. The van der Waals surface area contributed by atoms with Crippen LogP contribution < -0.4 is 15.9 Å². The molecular formula is C67H107N2O12P. The number of unbranched alkanes of at least 4 members (excludes halogenated alkanes) is 2. The summed E-state index contributed by atoms with van der Waals surface area (Å²) < 4.78 is 32.4. The van der Waals surface area contributed by atoms with Crippen LogP contribution in [0.15, 0.2) is 54.6 Å². The molecule has 3 heterocycles. The standard InChI is InChI=1S/C67H107N2O12P/c1-20-56-67(16,76)60(72)49(12)69(57(70)24-22-21-23-25-82(51-29-39(2)26-40(3)30-51,52-31-41(4)27-42(5)32-52)53-33-43(6)28-44(7)34-53)38-45(8)36-65(14,75)62(81-64-59(71)54(68(17)18)35-46(9)78-64)47(10)58(48(11)63(74)80-56)55-37-66(15,77-19)61(73)50(13)79-55/h26-34,45-50,54-56,58-62,64,71-73,75-76,82H,20-25,35-38H2,1-19H3/t45-,46-,47+,48-,49-,50+,54+,55-,56-,58?,59-,60-,61+,62-,64+,65-,66-,67-/m1/s1. The maximum atomic E-state index is 15.1. The van der Waals surface area contributed by atoms with Gasteiger partial charge in [-0.25, -0.2) is 0 Å². The summed E-state index contributed by atoms with van der Waals surface area (Å²) in [6, 6.07) is 19.8. The molecule has 0 bridgehead atoms. The van der Waals surface area contributed by atoms with Crippen molar-refractivity contribution in [1.82, 2.24) is 9.80 Å². The molecule has 0 spiro atoms. The van der Waals surface area contributed by atoms with Gasteiger partial charge < -0.3 is 34.1 Å². The molecule has 82 heavy (non-hydrogen) atoms. The van der Waals surface area contributed by atoms with Crippen LogP contribution in [0.1, 0.15) is 154 Å². The molecule has 15 heteroatoms. The Morgan fingerprint density at radius 3 is 1.73 bits per heavy atom. The van der Waals surface area contributed by atoms with Crippen molar-refractivity contribution in [3.8, 4) is 0 Å². The summed E-state index contributed by atoms with van der Waals surface area (Å²) in [4.78, 5) is 33.6. The Kier molecular flexibility index (Phi) is 22.8. The molecule has 6 rings (SSSR count). The molecular weight excluding hydrogens is 1060 g/mol. The Bertz CT molecular complexity index is 2440. The summed E-state index contributed by atoms with van der Waals surface area (Å²) in [6.45, 7) is 30.9. The number of benzene rings is 3. The van der Waals surface area contributed by atoms with Gasteiger partial charge in [0.15, 0.2) is 6.29 Å². The molecule has 14 nitrogen and oxygen atoms in total. The van der Waals surface area contributed by atoms with Crippen LogP contribution in [0.5, 0.6) is 0 Å². The van der Waals surface area contributed by atoms with Gasteiger partial charge in [-0.15, -0.1) is 0 Å². The van der Waals surface area contributed by atoms with Crippen molar-refractivity contribution in [2.45, 2.75) is 246 Å². The average molecular weight is 1160 g/mol. The van der Waals surface area contributed by atoms with Crippen LogP contribution in [-0.2, 0) is 33.3 Å². The van der Waals surface area contributed by atoms with E-state index in [0.29, 0.717) is 12.8 Å². The number of carbonyl (C=O) groups excluding carboxylic acids is 2. The van der Waals surface area contributed by atoms with Crippen molar-refractivity contribution in [1.29, 1.82) is 0 Å². The maximum absolute atomic E-state index is 15.1. The monoisotopic (exact) mass is 1160 g/mol. The number of amides is 1. The third kappa shape index (κ3) is 15.1. The van der Waals surface area contributed by atoms with Crippen molar-refractivity contribution < 1.29 is 58.8 Å². The fraction of sp³-hybridized carbons (Fsp3) is 0.701. The molecule has 3 aromatic rings. The molecule has 0 aliphatic carbocycles. The predicted molar refractivity (Wildman–Crippen MR) is 330 cm³/mol. The molecule has 0 aromatic heterocycles. The number of ether oxygens (including phenoxy) is 5. The first kappa shape index (κ1) is 67.8. The number of hydrogen-bond acceptors (Lipinski definition) is 13. The number of likely N-dealkylation sites (N-methyl/N-ethyl adjacent to an activating group) is 1. The van der Waals surface area contributed by atoms with Crippen molar-refractivity contribution >= 4 is 35.1 Å². The number of rotatable bonds is 15. The molecule has 5 N–H and O–H groups in total. The normalized spacial score (nSPS) is 35.9. The van der Waals surface area contributed by atoms with Crippen LogP contribution in [0.3, 0.4) is 0 Å². The second-order valence-electron chi connectivity index (χ2n) is 27.0. The predicted octanol–water partition coefficient (Wildman–Crippen LogP) is 8.21. The van der Waals surface area contributed by atoms with Crippen molar-refractivity contribution in [3.63, 3.8) is 0 Å². The number of aliphatic hydroxyl groups excluding tert-OH is 3. The van der Waals surface area contributed by atoms with Gasteiger partial charge in [0.1, 0.15) is 12.2 Å². The zero-order valence-corrected chi connectivity index (χ0v) is 54.4. The van der Waals surface area contributed by atoms with E-state index in [1.54, 1.807) is 39.5 Å². The zero-order valence-electron chi connectivity index (χ0n) is 53.4. The molecule has 462 valence electrons. The average Bonchev–Trinajstić information content (AvgIpc) is 3.60. The third-order valence-electron chi connectivity index (χ3n) is 19.2. The van der Waals surface area contributed by atoms with Crippen LogP contribution in [0.25, 0.3) is 0 Å². The minimum absolute atomic E-state index is 0.0854. The fourth-order valence-electron chi connectivity index (χ4n) is 15.0. The van der Waals surface area contributed by atoms with E-state index in [2.05, 4.69) is 96.1 Å². The topological polar surface area (TPSA) is 188 Å². The van der Waals surface area contributed by atoms with Crippen molar-refractivity contribution in [2.75, 3.05) is 33.9 Å². The van der Waals surface area contributed by atoms with E-state index in [-0.39, 0.29) is 50.3 Å². The Hall–Kier alpha value is -3.37. The summed E-state index contributed by atoms with van der Waals surface area (Å²) in [7, 11) is 2.64. The van der Waals surface area contributed by atoms with Crippen molar-refractivity contribution in [2.24, 2.45) is 23.7 Å². The number of aryl methyl sites for hydroxylation is 6. The quantitative estimate of drug-likeness (QED) is 0.0557. The number of carbonyl (C=O) groups is 2. The van der Waals surface area contributed by atoms with Crippen LogP contribution >= 0.6 is 7.26 Å². The number of aliphatic hydroxyl groups is 5. The molecule has 3 aromatic carbocycles. The summed E-state index contributed by atoms with van der Waals surface area (Å²) in [6.07, 6.45) is -4.63. The number of nitrogens with zero attached hydrogens (tertiary/aromatic N) is 2. The Balaban J connectivity index is 1.37. The molecule has 3 saturated heterocycles. The Labute approximate surface area is 493 Å². The van der Waals surface area contributed by atoms with Gasteiger partial charge in [-0.1, -0.05) is 20.8 Å². The van der Waals surface area contributed by atoms with Gasteiger partial charge in [-0.3, -0.25) is 4.79 Å². The van der Waals surface area contributed by atoms with E-state index in [1.165, 1.54) is 63.3 Å². The van der Waals surface area contributed by atoms with Crippen LogP contribution in [0, 0.1) is 65.2 Å². The van der Waals surface area contributed by atoms with Crippen LogP contribution in [-0.4, -0.2) is 165 Å². The molecule has 0 radical (unpaired) electrons. The van der Waals surface area contributed by atoms with Crippen LogP contribution in [0.4, 0.5) is 0 Å². The summed E-state index contributed by atoms with van der Waals surface area (Å²) in [5.74, 6) is -3.74.